The zero-order chi connectivity index (χ0) is 38.8. The first-order valence-electron chi connectivity index (χ1n) is 18.8. The molecule has 1 aliphatic heterocycles. The molecule has 52 heavy (non-hydrogen) atoms. The Balaban J connectivity index is 1.51. The van der Waals surface area contributed by atoms with Gasteiger partial charge in [0.05, 0.1) is 18.3 Å². The second-order valence-electron chi connectivity index (χ2n) is 16.5. The van der Waals surface area contributed by atoms with Crippen LogP contribution in [0.3, 0.4) is 0 Å². The summed E-state index contributed by atoms with van der Waals surface area (Å²) in [5, 5.41) is 40.7. The van der Waals surface area contributed by atoms with Gasteiger partial charge in [0.2, 0.25) is 0 Å². The average molecular weight is 715 g/mol. The lowest BCUT2D eigenvalue weighted by Gasteiger charge is -2.43. The van der Waals surface area contributed by atoms with Crippen LogP contribution in [0.2, 0.25) is 0 Å². The minimum atomic E-state index is -1.30. The smallest absolute Gasteiger partial charge is 0.186 e. The van der Waals surface area contributed by atoms with Crippen molar-refractivity contribution in [3.05, 3.63) is 130 Å². The van der Waals surface area contributed by atoms with Crippen molar-refractivity contribution >= 4 is 0 Å². The molecular formula is C46H66O6. The molecule has 0 bridgehead atoms. The Morgan fingerprint density at radius 3 is 1.54 bits per heavy atom. The molecule has 1 saturated heterocycles. The van der Waals surface area contributed by atoms with Crippen molar-refractivity contribution in [2.45, 2.75) is 145 Å². The molecule has 0 aromatic carbocycles. The predicted molar refractivity (Wildman–Crippen MR) is 215 cm³/mol. The quantitative estimate of drug-likeness (QED) is 0.150. The summed E-state index contributed by atoms with van der Waals surface area (Å²) in [5.41, 5.74) is 9.59. The first kappa shape index (κ1) is 43.3. The van der Waals surface area contributed by atoms with E-state index in [0.717, 1.165) is 30.4 Å². The minimum absolute atomic E-state index is 0.0120. The van der Waals surface area contributed by atoms with Gasteiger partial charge >= 0.3 is 0 Å². The highest BCUT2D eigenvalue weighted by atomic mass is 16.7. The second-order valence-corrected chi connectivity index (χ2v) is 16.5. The van der Waals surface area contributed by atoms with Crippen LogP contribution in [0.15, 0.2) is 130 Å². The maximum Gasteiger partial charge on any atom is 0.186 e. The largest absolute Gasteiger partial charge is 0.393 e. The molecule has 0 radical (unpaired) electrons. The Bertz CT molecular complexity index is 1580. The van der Waals surface area contributed by atoms with Crippen LogP contribution in [0.1, 0.15) is 102 Å². The van der Waals surface area contributed by atoms with Crippen LogP contribution >= 0.6 is 0 Å². The summed E-state index contributed by atoms with van der Waals surface area (Å²) >= 11 is 0. The van der Waals surface area contributed by atoms with E-state index in [4.69, 9.17) is 9.47 Å². The molecule has 2 aliphatic carbocycles. The van der Waals surface area contributed by atoms with Gasteiger partial charge in [0.15, 0.2) is 6.29 Å². The third-order valence-electron chi connectivity index (χ3n) is 10.4. The Morgan fingerprint density at radius 1 is 0.615 bits per heavy atom. The third kappa shape index (κ3) is 12.8. The Kier molecular flexibility index (Phi) is 16.1. The lowest BCUT2D eigenvalue weighted by atomic mass is 9.71. The van der Waals surface area contributed by atoms with E-state index < -0.39 is 30.7 Å². The summed E-state index contributed by atoms with van der Waals surface area (Å²) in [5.74, 6) is 0. The van der Waals surface area contributed by atoms with E-state index in [0.29, 0.717) is 6.42 Å². The van der Waals surface area contributed by atoms with Crippen LogP contribution in [-0.4, -0.2) is 63.3 Å². The minimum Gasteiger partial charge on any atom is -0.393 e. The summed E-state index contributed by atoms with van der Waals surface area (Å²) in [6, 6.07) is 0. The van der Waals surface area contributed by atoms with Crippen molar-refractivity contribution in [2.75, 3.05) is 0 Å². The number of rotatable bonds is 12. The van der Waals surface area contributed by atoms with E-state index in [-0.39, 0.29) is 23.0 Å². The Morgan fingerprint density at radius 2 is 1.06 bits per heavy atom. The van der Waals surface area contributed by atoms with Gasteiger partial charge in [0, 0.05) is 0 Å². The molecule has 1 heterocycles. The second kappa shape index (κ2) is 19.3. The number of hydrogen-bond acceptors (Lipinski definition) is 6. The van der Waals surface area contributed by atoms with Crippen LogP contribution in [0.5, 0.6) is 0 Å². The zero-order valence-electron chi connectivity index (χ0n) is 33.6. The van der Waals surface area contributed by atoms with Gasteiger partial charge in [-0.1, -0.05) is 146 Å². The van der Waals surface area contributed by atoms with Crippen molar-refractivity contribution in [3.8, 4) is 0 Å². The summed E-state index contributed by atoms with van der Waals surface area (Å²) in [4.78, 5) is 0. The number of allylic oxidation sites excluding steroid dienone is 20. The highest BCUT2D eigenvalue weighted by Gasteiger charge is 2.44. The first-order chi connectivity index (χ1) is 24.3. The fourth-order valence-electron chi connectivity index (χ4n) is 7.51. The van der Waals surface area contributed by atoms with Crippen molar-refractivity contribution in [3.63, 3.8) is 0 Å². The molecule has 1 fully saturated rings. The van der Waals surface area contributed by atoms with Crippen molar-refractivity contribution < 1.29 is 29.9 Å². The van der Waals surface area contributed by atoms with Crippen LogP contribution in [-0.2, 0) is 9.47 Å². The molecule has 7 atom stereocenters. The number of aliphatic hydroxyl groups is 4. The van der Waals surface area contributed by atoms with Crippen molar-refractivity contribution in [1.82, 2.24) is 0 Å². The maximum atomic E-state index is 10.4. The standard InChI is InChI=1S/C46H66O6/c1-30(18-14-20-32(3)22-24-39-34(5)26-37(47)28-45(39,8)9)16-12-13-17-31(2)19-15-21-33(4)23-25-40-35(6)27-38(29-46(40,10)11)52-44-43(50)42(49)41(48)36(7)51-44/h12-25,36-38,41-44,47-50H,26-29H2,1-11H3/b13-12+,18-14+,19-15+,24-22+,25-23+,30-16+,31-17+,32-20+,33-21+/t36-,37+,38+,41-,42+,43+,44-/m0/s1. The molecule has 6 nitrogen and oxygen atoms in total. The lowest BCUT2D eigenvalue weighted by Crippen LogP contribution is -2.58. The number of hydrogen-bond donors (Lipinski definition) is 4. The van der Waals surface area contributed by atoms with Gasteiger partial charge < -0.3 is 29.9 Å². The fourth-order valence-corrected chi connectivity index (χ4v) is 7.51. The van der Waals surface area contributed by atoms with E-state index >= 15 is 0 Å². The molecule has 0 saturated carbocycles. The van der Waals surface area contributed by atoms with E-state index in [9.17, 15) is 20.4 Å². The molecular weight excluding hydrogens is 649 g/mol. The molecule has 4 N–H and O–H groups in total. The normalized spacial score (nSPS) is 31.5. The topological polar surface area (TPSA) is 99.4 Å². The summed E-state index contributed by atoms with van der Waals surface area (Å²) in [7, 11) is 0. The summed E-state index contributed by atoms with van der Waals surface area (Å²) < 4.78 is 11.8. The molecule has 0 spiro atoms. The molecule has 0 aromatic heterocycles. The lowest BCUT2D eigenvalue weighted by molar-refractivity contribution is -0.305. The number of ether oxygens (including phenoxy) is 2. The number of aliphatic hydroxyl groups excluding tert-OH is 4. The van der Waals surface area contributed by atoms with Gasteiger partial charge in [-0.15, -0.1) is 0 Å². The Hall–Kier alpha value is -3.10. The molecule has 286 valence electrons. The van der Waals surface area contributed by atoms with Gasteiger partial charge in [-0.05, 0) is 96.1 Å². The summed E-state index contributed by atoms with van der Waals surface area (Å²) in [6.07, 6.45) is 26.9. The van der Waals surface area contributed by atoms with Crippen LogP contribution in [0.25, 0.3) is 0 Å². The fraction of sp³-hybridized carbons (Fsp3) is 0.522. The summed E-state index contributed by atoms with van der Waals surface area (Å²) in [6.45, 7) is 23.1. The zero-order valence-corrected chi connectivity index (χ0v) is 33.6. The van der Waals surface area contributed by atoms with E-state index in [1.165, 1.54) is 33.4 Å². The molecule has 0 amide bonds. The molecule has 6 heteroatoms. The van der Waals surface area contributed by atoms with Gasteiger partial charge in [0.1, 0.15) is 18.3 Å². The molecule has 3 aliphatic rings. The first-order valence-corrected chi connectivity index (χ1v) is 18.8. The molecule has 0 unspecified atom stereocenters. The highest BCUT2D eigenvalue weighted by Crippen LogP contribution is 2.43. The Labute approximate surface area is 314 Å². The maximum absolute atomic E-state index is 10.4. The van der Waals surface area contributed by atoms with E-state index in [1.54, 1.807) is 6.92 Å². The van der Waals surface area contributed by atoms with Crippen LogP contribution < -0.4 is 0 Å². The van der Waals surface area contributed by atoms with Crippen LogP contribution in [0.4, 0.5) is 0 Å². The van der Waals surface area contributed by atoms with Crippen LogP contribution in [0, 0.1) is 10.8 Å². The third-order valence-corrected chi connectivity index (χ3v) is 10.4. The van der Waals surface area contributed by atoms with Gasteiger partial charge in [-0.3, -0.25) is 0 Å². The molecule has 3 rings (SSSR count). The van der Waals surface area contributed by atoms with E-state index in [2.05, 4.69) is 154 Å². The van der Waals surface area contributed by atoms with Crippen molar-refractivity contribution in [1.29, 1.82) is 0 Å². The van der Waals surface area contributed by atoms with Gasteiger partial charge in [-0.25, -0.2) is 0 Å². The highest BCUT2D eigenvalue weighted by molar-refractivity contribution is 5.39. The average Bonchev–Trinajstić information content (AvgIpc) is 3.03. The monoisotopic (exact) mass is 714 g/mol. The van der Waals surface area contributed by atoms with Crippen molar-refractivity contribution in [2.24, 2.45) is 10.8 Å². The van der Waals surface area contributed by atoms with E-state index in [1.807, 2.05) is 0 Å². The molecule has 0 aromatic rings. The van der Waals surface area contributed by atoms with Gasteiger partial charge in [-0.2, -0.15) is 0 Å². The predicted octanol–water partition coefficient (Wildman–Crippen LogP) is 9.40. The van der Waals surface area contributed by atoms with Gasteiger partial charge in [0.25, 0.3) is 0 Å². The SMILES string of the molecule is CC1=C(/C=C/C(C)=C/C=C/C(C)=C/C=C/C=C(C)/C=C/C=C(C)/C=C/C2=C(C)C[C@@H](O[C@@H]3O[C@@H](C)[C@H](O)[C@@H](O)[C@H]3O)CC2(C)C)C(C)(C)C[C@H](O)C1.